The Kier molecular flexibility index (Phi) is 5.44. The second-order valence-corrected chi connectivity index (χ2v) is 6.91. The van der Waals surface area contributed by atoms with E-state index in [4.69, 9.17) is 14.2 Å². The zero-order valence-corrected chi connectivity index (χ0v) is 17.2. The van der Waals surface area contributed by atoms with Crippen LogP contribution >= 0.6 is 0 Å². The summed E-state index contributed by atoms with van der Waals surface area (Å²) in [5.41, 5.74) is 4.33. The van der Waals surface area contributed by atoms with Crippen molar-refractivity contribution in [3.05, 3.63) is 83.4 Å². The molecule has 30 heavy (non-hydrogen) atoms. The molecule has 5 heteroatoms. The van der Waals surface area contributed by atoms with Crippen molar-refractivity contribution in [3.8, 4) is 17.2 Å². The highest BCUT2D eigenvalue weighted by molar-refractivity contribution is 6.35. The minimum Gasteiger partial charge on any atom is -0.493 e. The molecule has 152 valence electrons. The molecule has 0 unspecified atom stereocenters. The number of fused-ring (bicyclic) bond motifs is 1. The SMILES string of the molecule is COc1cc(/C=C2/C(=O)N(Cc3ccccc3)c3ccccc32)cc(OC)c1OC. The number of ether oxygens (including phenoxy) is 3. The lowest BCUT2D eigenvalue weighted by Crippen LogP contribution is -2.25. The molecule has 0 atom stereocenters. The number of hydrogen-bond acceptors (Lipinski definition) is 4. The average Bonchev–Trinajstić information content (AvgIpc) is 3.05. The quantitative estimate of drug-likeness (QED) is 0.557. The molecule has 0 radical (unpaired) electrons. The number of carbonyl (C=O) groups excluding carboxylic acids is 1. The van der Waals surface area contributed by atoms with Gasteiger partial charge in [0.05, 0.1) is 33.6 Å². The van der Waals surface area contributed by atoms with Crippen LogP contribution in [0.1, 0.15) is 16.7 Å². The van der Waals surface area contributed by atoms with Crippen LogP contribution < -0.4 is 19.1 Å². The summed E-state index contributed by atoms with van der Waals surface area (Å²) in [7, 11) is 4.72. The second-order valence-electron chi connectivity index (χ2n) is 6.91. The van der Waals surface area contributed by atoms with Gasteiger partial charge in [-0.1, -0.05) is 48.5 Å². The van der Waals surface area contributed by atoms with E-state index in [9.17, 15) is 4.79 Å². The van der Waals surface area contributed by atoms with Gasteiger partial charge in [-0.25, -0.2) is 0 Å². The van der Waals surface area contributed by atoms with Crippen LogP contribution in [-0.4, -0.2) is 27.2 Å². The molecular formula is C25H23NO4. The molecule has 4 rings (SSSR count). The third kappa shape index (κ3) is 3.50. The number of nitrogens with zero attached hydrogens (tertiary/aromatic N) is 1. The van der Waals surface area contributed by atoms with Gasteiger partial charge in [0.2, 0.25) is 5.75 Å². The second kappa shape index (κ2) is 8.33. The van der Waals surface area contributed by atoms with E-state index >= 15 is 0 Å². The Bertz CT molecular complexity index is 1080. The third-order valence-corrected chi connectivity index (χ3v) is 5.14. The van der Waals surface area contributed by atoms with Crippen molar-refractivity contribution in [2.75, 3.05) is 26.2 Å². The van der Waals surface area contributed by atoms with Gasteiger partial charge in [0.25, 0.3) is 5.91 Å². The maximum atomic E-state index is 13.4. The van der Waals surface area contributed by atoms with Gasteiger partial charge in [0.1, 0.15) is 0 Å². The average molecular weight is 401 g/mol. The minimum absolute atomic E-state index is 0.0335. The van der Waals surface area contributed by atoms with Crippen molar-refractivity contribution in [1.82, 2.24) is 0 Å². The molecular weight excluding hydrogens is 378 g/mol. The van der Waals surface area contributed by atoms with Gasteiger partial charge in [0.15, 0.2) is 11.5 Å². The van der Waals surface area contributed by atoms with E-state index in [2.05, 4.69) is 0 Å². The molecule has 0 fully saturated rings. The van der Waals surface area contributed by atoms with Gasteiger partial charge < -0.3 is 19.1 Å². The third-order valence-electron chi connectivity index (χ3n) is 5.14. The highest BCUT2D eigenvalue weighted by Gasteiger charge is 2.32. The first-order valence-electron chi connectivity index (χ1n) is 9.63. The normalized spacial score (nSPS) is 14.0. The smallest absolute Gasteiger partial charge is 0.259 e. The van der Waals surface area contributed by atoms with Gasteiger partial charge in [-0.2, -0.15) is 0 Å². The number of benzene rings is 3. The van der Waals surface area contributed by atoms with Crippen LogP contribution in [-0.2, 0) is 11.3 Å². The molecule has 1 aliphatic rings. The summed E-state index contributed by atoms with van der Waals surface area (Å²) in [6.07, 6.45) is 1.87. The number of carbonyl (C=O) groups is 1. The van der Waals surface area contributed by atoms with Crippen LogP contribution in [0.25, 0.3) is 11.6 Å². The van der Waals surface area contributed by atoms with E-state index in [-0.39, 0.29) is 5.91 Å². The van der Waals surface area contributed by atoms with Crippen LogP contribution in [0.2, 0.25) is 0 Å². The van der Waals surface area contributed by atoms with Crippen molar-refractivity contribution < 1.29 is 19.0 Å². The maximum Gasteiger partial charge on any atom is 0.259 e. The summed E-state index contributed by atoms with van der Waals surface area (Å²) in [5.74, 6) is 1.58. The molecule has 3 aromatic rings. The molecule has 0 saturated carbocycles. The van der Waals surface area contributed by atoms with Gasteiger partial charge in [-0.05, 0) is 35.4 Å². The van der Waals surface area contributed by atoms with Crippen molar-refractivity contribution in [2.45, 2.75) is 6.54 Å². The Balaban J connectivity index is 1.78. The number of amides is 1. The van der Waals surface area contributed by atoms with Crippen LogP contribution in [0, 0.1) is 0 Å². The standard InChI is InChI=1S/C25H23NO4/c1-28-22-14-18(15-23(29-2)24(22)30-3)13-20-19-11-7-8-12-21(19)26(25(20)27)16-17-9-5-4-6-10-17/h4-15H,16H2,1-3H3/b20-13+. The first kappa shape index (κ1) is 19.6. The highest BCUT2D eigenvalue weighted by atomic mass is 16.5. The van der Waals surface area contributed by atoms with Crippen molar-refractivity contribution >= 4 is 23.2 Å². The molecule has 1 amide bonds. The molecule has 1 heterocycles. The molecule has 0 bridgehead atoms. The maximum absolute atomic E-state index is 13.4. The van der Waals surface area contributed by atoms with E-state index in [1.54, 1.807) is 21.3 Å². The zero-order valence-electron chi connectivity index (χ0n) is 17.2. The van der Waals surface area contributed by atoms with Gasteiger partial charge in [-0.3, -0.25) is 4.79 Å². The fourth-order valence-corrected chi connectivity index (χ4v) is 3.72. The van der Waals surface area contributed by atoms with E-state index in [0.717, 1.165) is 22.4 Å². The Morgan fingerprint density at radius 3 is 2.10 bits per heavy atom. The van der Waals surface area contributed by atoms with Crippen LogP contribution in [0.3, 0.4) is 0 Å². The first-order chi connectivity index (χ1) is 14.7. The predicted molar refractivity (Wildman–Crippen MR) is 118 cm³/mol. The van der Waals surface area contributed by atoms with Gasteiger partial charge in [-0.15, -0.1) is 0 Å². The molecule has 0 N–H and O–H groups in total. The molecule has 0 spiro atoms. The Labute approximate surface area is 176 Å². The Morgan fingerprint density at radius 2 is 1.47 bits per heavy atom. The minimum atomic E-state index is -0.0335. The number of rotatable bonds is 6. The summed E-state index contributed by atoms with van der Waals surface area (Å²) >= 11 is 0. The fourth-order valence-electron chi connectivity index (χ4n) is 3.72. The number of methoxy groups -OCH3 is 3. The number of anilines is 1. The number of para-hydroxylation sites is 1. The summed E-state index contributed by atoms with van der Waals surface area (Å²) in [6.45, 7) is 0.517. The van der Waals surface area contributed by atoms with Crippen LogP contribution in [0.4, 0.5) is 5.69 Å². The van der Waals surface area contributed by atoms with Crippen molar-refractivity contribution in [2.24, 2.45) is 0 Å². The van der Waals surface area contributed by atoms with E-state index in [1.807, 2.05) is 77.7 Å². The summed E-state index contributed by atoms with van der Waals surface area (Å²) in [5, 5.41) is 0. The fraction of sp³-hybridized carbons (Fsp3) is 0.160. The Morgan fingerprint density at radius 1 is 0.833 bits per heavy atom. The molecule has 0 aliphatic carbocycles. The summed E-state index contributed by atoms with van der Waals surface area (Å²) in [6, 6.07) is 21.5. The van der Waals surface area contributed by atoms with Crippen LogP contribution in [0.5, 0.6) is 17.2 Å². The van der Waals surface area contributed by atoms with E-state index in [1.165, 1.54) is 0 Å². The van der Waals surface area contributed by atoms with E-state index in [0.29, 0.717) is 29.4 Å². The summed E-state index contributed by atoms with van der Waals surface area (Å²) in [4.78, 5) is 15.2. The lowest BCUT2D eigenvalue weighted by Gasteiger charge is -2.17. The monoisotopic (exact) mass is 401 g/mol. The molecule has 0 aromatic heterocycles. The predicted octanol–water partition coefficient (Wildman–Crippen LogP) is 4.80. The molecule has 1 aliphatic heterocycles. The van der Waals surface area contributed by atoms with Gasteiger partial charge in [0, 0.05) is 11.1 Å². The molecule has 0 saturated heterocycles. The number of hydrogen-bond donors (Lipinski definition) is 0. The van der Waals surface area contributed by atoms with E-state index < -0.39 is 0 Å². The van der Waals surface area contributed by atoms with Crippen molar-refractivity contribution in [3.63, 3.8) is 0 Å². The highest BCUT2D eigenvalue weighted by Crippen LogP contribution is 2.42. The molecule has 5 nitrogen and oxygen atoms in total. The first-order valence-corrected chi connectivity index (χ1v) is 9.63. The topological polar surface area (TPSA) is 48.0 Å². The lowest BCUT2D eigenvalue weighted by atomic mass is 10.0. The molecule has 3 aromatic carbocycles. The summed E-state index contributed by atoms with van der Waals surface area (Å²) < 4.78 is 16.3. The van der Waals surface area contributed by atoms with Gasteiger partial charge >= 0.3 is 0 Å². The Hall–Kier alpha value is -3.73. The zero-order chi connectivity index (χ0) is 21.1. The largest absolute Gasteiger partial charge is 0.493 e. The lowest BCUT2D eigenvalue weighted by molar-refractivity contribution is -0.113. The van der Waals surface area contributed by atoms with Crippen molar-refractivity contribution in [1.29, 1.82) is 0 Å². The van der Waals surface area contributed by atoms with Crippen LogP contribution in [0.15, 0.2) is 66.7 Å².